The Labute approximate surface area is 127 Å². The maximum atomic E-state index is 11.9. The number of benzene rings is 1. The summed E-state index contributed by atoms with van der Waals surface area (Å²) in [6, 6.07) is 6.37. The third-order valence-electron chi connectivity index (χ3n) is 3.18. The number of carbonyl (C=O) groups excluding carboxylic acids is 3. The first-order valence-electron chi connectivity index (χ1n) is 6.47. The summed E-state index contributed by atoms with van der Waals surface area (Å²) in [5, 5.41) is 4.82. The second-order valence-electron chi connectivity index (χ2n) is 4.81. The van der Waals surface area contributed by atoms with Crippen LogP contribution in [0.1, 0.15) is 24.0 Å². The summed E-state index contributed by atoms with van der Waals surface area (Å²) in [6.45, 7) is 0. The fraction of sp³-hybridized carbons (Fsp3) is 0.286. The van der Waals surface area contributed by atoms with Gasteiger partial charge in [0, 0.05) is 12.0 Å². The van der Waals surface area contributed by atoms with Gasteiger partial charge in [-0.25, -0.2) is 0 Å². The lowest BCUT2D eigenvalue weighted by atomic mass is 10.0. The Hall–Kier alpha value is -2.28. The van der Waals surface area contributed by atoms with Crippen LogP contribution in [0.15, 0.2) is 24.3 Å². The summed E-state index contributed by atoms with van der Waals surface area (Å²) in [4.78, 5) is 34.8. The highest BCUT2D eigenvalue weighted by atomic mass is 32.1. The van der Waals surface area contributed by atoms with Crippen LogP contribution in [-0.4, -0.2) is 28.8 Å². The molecule has 3 amide bonds. The number of nitrogens with one attached hydrogen (secondary N) is 2. The molecule has 1 aromatic rings. The number of rotatable bonds is 4. The Bertz CT molecular complexity index is 598. The van der Waals surface area contributed by atoms with Crippen LogP contribution in [0.25, 0.3) is 0 Å². The molecule has 110 valence electrons. The molecule has 1 fully saturated rings. The first-order chi connectivity index (χ1) is 9.95. The first-order valence-corrected chi connectivity index (χ1v) is 6.88. The Balaban J connectivity index is 1.91. The zero-order valence-electron chi connectivity index (χ0n) is 11.2. The number of amides is 3. The molecule has 1 aliphatic rings. The Morgan fingerprint density at radius 1 is 1.33 bits per heavy atom. The molecular weight excluding hydrogens is 290 g/mol. The van der Waals surface area contributed by atoms with Gasteiger partial charge >= 0.3 is 0 Å². The van der Waals surface area contributed by atoms with Gasteiger partial charge in [-0.2, -0.15) is 0 Å². The highest BCUT2D eigenvalue weighted by Gasteiger charge is 2.27. The number of piperidine rings is 1. The van der Waals surface area contributed by atoms with Gasteiger partial charge in [0.1, 0.15) is 11.0 Å². The third kappa shape index (κ3) is 4.09. The van der Waals surface area contributed by atoms with Crippen molar-refractivity contribution in [2.75, 3.05) is 0 Å². The van der Waals surface area contributed by atoms with Crippen molar-refractivity contribution in [3.05, 3.63) is 35.4 Å². The highest BCUT2D eigenvalue weighted by molar-refractivity contribution is 7.80. The molecule has 6 nitrogen and oxygen atoms in total. The molecule has 0 saturated carbocycles. The molecule has 0 aliphatic carbocycles. The lowest BCUT2D eigenvalue weighted by Crippen LogP contribution is -2.52. The van der Waals surface area contributed by atoms with Crippen LogP contribution < -0.4 is 16.4 Å². The molecule has 1 aliphatic heterocycles. The van der Waals surface area contributed by atoms with Crippen molar-refractivity contribution in [1.29, 1.82) is 0 Å². The maximum absolute atomic E-state index is 11.9. The summed E-state index contributed by atoms with van der Waals surface area (Å²) in [5.74, 6) is -1.03. The first kappa shape index (κ1) is 15.1. The smallest absolute Gasteiger partial charge is 0.249 e. The normalized spacial score (nSPS) is 18.0. The fourth-order valence-corrected chi connectivity index (χ4v) is 2.18. The molecule has 1 unspecified atom stereocenters. The van der Waals surface area contributed by atoms with Crippen molar-refractivity contribution in [2.24, 2.45) is 5.73 Å². The maximum Gasteiger partial charge on any atom is 0.249 e. The SMILES string of the molecule is NC(=S)c1ccc(CC(=O)NC2CCC(=O)NC2=O)cc1. The molecule has 0 bridgehead atoms. The number of thiocarbonyl (C=S) groups is 1. The van der Waals surface area contributed by atoms with E-state index in [0.717, 1.165) is 11.1 Å². The summed E-state index contributed by atoms with van der Waals surface area (Å²) >= 11 is 4.85. The van der Waals surface area contributed by atoms with Gasteiger partial charge in [-0.3, -0.25) is 19.7 Å². The molecule has 0 aromatic heterocycles. The standard InChI is InChI=1S/C14H15N3O3S/c15-13(21)9-3-1-8(2-4-9)7-12(19)16-10-5-6-11(18)17-14(10)20/h1-4,10H,5-7H2,(H2,15,21)(H,16,19)(H,17,18,20). The van der Waals surface area contributed by atoms with Crippen LogP contribution in [0.2, 0.25) is 0 Å². The molecule has 7 heteroatoms. The van der Waals surface area contributed by atoms with Crippen LogP contribution in [0.3, 0.4) is 0 Å². The summed E-state index contributed by atoms with van der Waals surface area (Å²) in [7, 11) is 0. The average molecular weight is 305 g/mol. The van der Waals surface area contributed by atoms with E-state index in [9.17, 15) is 14.4 Å². The molecule has 4 N–H and O–H groups in total. The lowest BCUT2D eigenvalue weighted by molar-refractivity contribution is -0.137. The summed E-state index contributed by atoms with van der Waals surface area (Å²) in [6.07, 6.45) is 0.714. The lowest BCUT2D eigenvalue weighted by Gasteiger charge is -2.21. The summed E-state index contributed by atoms with van der Waals surface area (Å²) < 4.78 is 0. The molecule has 0 spiro atoms. The van der Waals surface area contributed by atoms with Crippen molar-refractivity contribution < 1.29 is 14.4 Å². The van der Waals surface area contributed by atoms with E-state index < -0.39 is 11.9 Å². The molecule has 21 heavy (non-hydrogen) atoms. The second kappa shape index (κ2) is 6.45. The average Bonchev–Trinajstić information content (AvgIpc) is 2.42. The second-order valence-corrected chi connectivity index (χ2v) is 5.25. The van der Waals surface area contributed by atoms with Crippen molar-refractivity contribution in [2.45, 2.75) is 25.3 Å². The molecule has 2 rings (SSSR count). The van der Waals surface area contributed by atoms with Crippen LogP contribution in [0, 0.1) is 0 Å². The van der Waals surface area contributed by atoms with Gasteiger partial charge in [0.2, 0.25) is 17.7 Å². The monoisotopic (exact) mass is 305 g/mol. The van der Waals surface area contributed by atoms with Crippen molar-refractivity contribution in [3.8, 4) is 0 Å². The van der Waals surface area contributed by atoms with E-state index in [1.54, 1.807) is 24.3 Å². The zero-order valence-corrected chi connectivity index (χ0v) is 12.0. The molecule has 0 radical (unpaired) electrons. The largest absolute Gasteiger partial charge is 0.389 e. The topological polar surface area (TPSA) is 101 Å². The molecule has 1 aromatic carbocycles. The highest BCUT2D eigenvalue weighted by Crippen LogP contribution is 2.07. The molecule has 1 atom stereocenters. The quantitative estimate of drug-likeness (QED) is 0.527. The number of nitrogens with two attached hydrogens (primary N) is 1. The number of carbonyl (C=O) groups is 3. The van der Waals surface area contributed by atoms with Crippen LogP contribution >= 0.6 is 12.2 Å². The van der Waals surface area contributed by atoms with Crippen LogP contribution in [0.4, 0.5) is 0 Å². The van der Waals surface area contributed by atoms with E-state index in [1.807, 2.05) is 0 Å². The number of hydrogen-bond acceptors (Lipinski definition) is 4. The Morgan fingerprint density at radius 3 is 2.57 bits per heavy atom. The van der Waals surface area contributed by atoms with Crippen molar-refractivity contribution in [1.82, 2.24) is 10.6 Å². The minimum Gasteiger partial charge on any atom is -0.389 e. The van der Waals surface area contributed by atoms with Gasteiger partial charge < -0.3 is 11.1 Å². The number of hydrogen-bond donors (Lipinski definition) is 3. The number of imide groups is 1. The van der Waals surface area contributed by atoms with E-state index in [2.05, 4.69) is 10.6 Å². The minimum atomic E-state index is -0.647. The summed E-state index contributed by atoms with van der Waals surface area (Å²) in [5.41, 5.74) is 7.02. The fourth-order valence-electron chi connectivity index (χ4n) is 2.05. The molecule has 1 heterocycles. The van der Waals surface area contributed by atoms with Gasteiger partial charge in [-0.15, -0.1) is 0 Å². The third-order valence-corrected chi connectivity index (χ3v) is 3.41. The van der Waals surface area contributed by atoms with E-state index >= 15 is 0 Å². The van der Waals surface area contributed by atoms with E-state index in [0.29, 0.717) is 11.4 Å². The minimum absolute atomic E-state index is 0.148. The van der Waals surface area contributed by atoms with Gasteiger partial charge in [0.05, 0.1) is 6.42 Å². The van der Waals surface area contributed by atoms with Gasteiger partial charge in [-0.05, 0) is 12.0 Å². The van der Waals surface area contributed by atoms with Gasteiger partial charge in [0.25, 0.3) is 0 Å². The predicted octanol–water partition coefficient (Wildman–Crippen LogP) is -0.215. The zero-order chi connectivity index (χ0) is 15.4. The van der Waals surface area contributed by atoms with Crippen LogP contribution in [-0.2, 0) is 20.8 Å². The van der Waals surface area contributed by atoms with E-state index in [-0.39, 0.29) is 24.7 Å². The Kier molecular flexibility index (Phi) is 4.64. The van der Waals surface area contributed by atoms with E-state index in [4.69, 9.17) is 18.0 Å². The van der Waals surface area contributed by atoms with Crippen molar-refractivity contribution in [3.63, 3.8) is 0 Å². The van der Waals surface area contributed by atoms with E-state index in [1.165, 1.54) is 0 Å². The van der Waals surface area contributed by atoms with Crippen LogP contribution in [0.5, 0.6) is 0 Å². The van der Waals surface area contributed by atoms with Crippen molar-refractivity contribution >= 4 is 34.9 Å². The molecule has 1 saturated heterocycles. The molecular formula is C14H15N3O3S. The Morgan fingerprint density at radius 2 is 2.00 bits per heavy atom. The predicted molar refractivity (Wildman–Crippen MR) is 80.3 cm³/mol. The van der Waals surface area contributed by atoms with Gasteiger partial charge in [0.15, 0.2) is 0 Å². The van der Waals surface area contributed by atoms with Gasteiger partial charge in [-0.1, -0.05) is 36.5 Å².